The second-order valence-electron chi connectivity index (χ2n) is 6.16. The van der Waals surface area contributed by atoms with Crippen LogP contribution >= 0.6 is 0 Å². The molecular formula is C18H22N2O7. The van der Waals surface area contributed by atoms with Crippen LogP contribution in [0.5, 0.6) is 11.5 Å². The quantitative estimate of drug-likeness (QED) is 0.548. The van der Waals surface area contributed by atoms with E-state index in [1.807, 2.05) is 0 Å². The fourth-order valence-corrected chi connectivity index (χ4v) is 3.44. The lowest BCUT2D eigenvalue weighted by molar-refractivity contribution is -0.145. The molecule has 2 amide bonds. The van der Waals surface area contributed by atoms with E-state index in [1.54, 1.807) is 12.1 Å². The van der Waals surface area contributed by atoms with Gasteiger partial charge in [0.2, 0.25) is 18.0 Å². The Labute approximate surface area is 156 Å². The normalized spacial score (nSPS) is 21.1. The molecule has 2 atom stereocenters. The van der Waals surface area contributed by atoms with Gasteiger partial charge in [0.25, 0.3) is 0 Å². The van der Waals surface area contributed by atoms with Crippen LogP contribution in [-0.4, -0.2) is 63.2 Å². The number of cyclic esters (lactones) is 1. The molecule has 0 spiro atoms. The van der Waals surface area contributed by atoms with Crippen LogP contribution in [0.4, 0.5) is 0 Å². The second-order valence-corrected chi connectivity index (χ2v) is 6.16. The molecule has 1 saturated heterocycles. The van der Waals surface area contributed by atoms with E-state index < -0.39 is 18.2 Å². The first-order valence-corrected chi connectivity index (χ1v) is 8.57. The van der Waals surface area contributed by atoms with Crippen molar-refractivity contribution in [2.75, 3.05) is 34.5 Å². The summed E-state index contributed by atoms with van der Waals surface area (Å²) in [4.78, 5) is 38.8. The number of benzene rings is 1. The predicted octanol–water partition coefficient (Wildman–Crippen LogP) is 0.626. The van der Waals surface area contributed by atoms with Crippen LogP contribution in [0.1, 0.15) is 35.0 Å². The first kappa shape index (κ1) is 19.0. The Balaban J connectivity index is 1.91. The zero-order valence-electron chi connectivity index (χ0n) is 15.4. The molecule has 0 saturated carbocycles. The van der Waals surface area contributed by atoms with Gasteiger partial charge in [-0.2, -0.15) is 0 Å². The molecule has 146 valence electrons. The molecule has 9 heteroatoms. The van der Waals surface area contributed by atoms with Gasteiger partial charge >= 0.3 is 5.97 Å². The molecule has 3 rings (SSSR count). The zero-order valence-corrected chi connectivity index (χ0v) is 15.4. The number of likely N-dealkylation sites (tertiary alicyclic amines) is 1. The maximum atomic E-state index is 12.5. The minimum atomic E-state index is -0.972. The average molecular weight is 378 g/mol. The molecule has 2 heterocycles. The lowest BCUT2D eigenvalue weighted by atomic mass is 10.1. The number of hydrogen-bond acceptors (Lipinski definition) is 7. The molecule has 0 radical (unpaired) electrons. The van der Waals surface area contributed by atoms with E-state index in [0.29, 0.717) is 30.9 Å². The molecule has 1 aromatic rings. The van der Waals surface area contributed by atoms with Gasteiger partial charge in [0.15, 0.2) is 11.5 Å². The molecule has 0 bridgehead atoms. The zero-order chi connectivity index (χ0) is 19.6. The number of rotatable bonds is 7. The van der Waals surface area contributed by atoms with E-state index in [-0.39, 0.29) is 29.5 Å². The largest absolute Gasteiger partial charge is 0.493 e. The Kier molecular flexibility index (Phi) is 5.50. The highest BCUT2D eigenvalue weighted by Gasteiger charge is 2.47. The summed E-state index contributed by atoms with van der Waals surface area (Å²) in [6, 6.07) is 2.57. The number of esters is 1. The molecule has 1 fully saturated rings. The monoisotopic (exact) mass is 378 g/mol. The number of fused-ring (bicyclic) bond motifs is 1. The number of ether oxygens (including phenoxy) is 4. The number of nitrogens with one attached hydrogen (secondary N) is 1. The number of nitrogens with zero attached hydrogens (tertiary/aromatic N) is 1. The van der Waals surface area contributed by atoms with Crippen molar-refractivity contribution < 1.29 is 33.3 Å². The maximum Gasteiger partial charge on any atom is 0.344 e. The summed E-state index contributed by atoms with van der Waals surface area (Å²) in [6.45, 7) is 0.699. The van der Waals surface area contributed by atoms with E-state index >= 15 is 0 Å². The van der Waals surface area contributed by atoms with Gasteiger partial charge in [0.05, 0.1) is 20.8 Å². The molecule has 0 aliphatic carbocycles. The average Bonchev–Trinajstić information content (AvgIpc) is 3.21. The minimum Gasteiger partial charge on any atom is -0.493 e. The van der Waals surface area contributed by atoms with Gasteiger partial charge in [0, 0.05) is 25.6 Å². The Morgan fingerprint density at radius 2 is 2.04 bits per heavy atom. The molecule has 2 aliphatic rings. The van der Waals surface area contributed by atoms with Crippen molar-refractivity contribution in [2.45, 2.75) is 25.1 Å². The van der Waals surface area contributed by atoms with E-state index in [4.69, 9.17) is 18.9 Å². The summed E-state index contributed by atoms with van der Waals surface area (Å²) >= 11 is 0. The van der Waals surface area contributed by atoms with Crippen LogP contribution in [0.15, 0.2) is 12.1 Å². The van der Waals surface area contributed by atoms with Gasteiger partial charge in [-0.05, 0) is 18.6 Å². The fraction of sp³-hybridized carbons (Fsp3) is 0.500. The fourth-order valence-electron chi connectivity index (χ4n) is 3.44. The molecule has 2 aliphatic heterocycles. The van der Waals surface area contributed by atoms with Gasteiger partial charge in [-0.3, -0.25) is 14.5 Å². The van der Waals surface area contributed by atoms with Crippen molar-refractivity contribution >= 4 is 17.8 Å². The summed E-state index contributed by atoms with van der Waals surface area (Å²) in [5.41, 5.74) is 0.683. The van der Waals surface area contributed by atoms with Gasteiger partial charge in [-0.1, -0.05) is 0 Å². The van der Waals surface area contributed by atoms with Crippen molar-refractivity contribution in [3.8, 4) is 11.5 Å². The summed E-state index contributed by atoms with van der Waals surface area (Å²) < 4.78 is 20.9. The Morgan fingerprint density at radius 3 is 2.70 bits per heavy atom. The lowest BCUT2D eigenvalue weighted by Gasteiger charge is -2.29. The Bertz CT molecular complexity index is 764. The van der Waals surface area contributed by atoms with E-state index in [1.165, 1.54) is 26.2 Å². The van der Waals surface area contributed by atoms with E-state index in [0.717, 1.165) is 0 Å². The lowest BCUT2D eigenvalue weighted by Crippen LogP contribution is -2.47. The standard InChI is InChI=1S/C18H22N2O7/c1-24-9-8-19-16(22)11-5-7-13(21)20(11)17-10-4-6-12(25-2)15(26-3)14(10)18(23)27-17/h4,6,11,17H,5,7-9H2,1-3H3,(H,19,22)/t11-,17-/m0/s1. The summed E-state index contributed by atoms with van der Waals surface area (Å²) in [6.07, 6.45) is -0.409. The van der Waals surface area contributed by atoms with Crippen LogP contribution in [-0.2, 0) is 19.1 Å². The van der Waals surface area contributed by atoms with E-state index in [2.05, 4.69) is 5.32 Å². The molecule has 1 aromatic carbocycles. The highest BCUT2D eigenvalue weighted by atomic mass is 16.6. The first-order valence-electron chi connectivity index (χ1n) is 8.57. The van der Waals surface area contributed by atoms with Crippen LogP contribution in [0, 0.1) is 0 Å². The summed E-state index contributed by atoms with van der Waals surface area (Å²) in [5, 5.41) is 2.73. The third kappa shape index (κ3) is 3.30. The molecule has 1 N–H and O–H groups in total. The van der Waals surface area contributed by atoms with Gasteiger partial charge in [-0.15, -0.1) is 0 Å². The summed E-state index contributed by atoms with van der Waals surface area (Å²) in [5.74, 6) is -0.542. The van der Waals surface area contributed by atoms with Crippen LogP contribution in [0.25, 0.3) is 0 Å². The Morgan fingerprint density at radius 1 is 1.26 bits per heavy atom. The smallest absolute Gasteiger partial charge is 0.344 e. The van der Waals surface area contributed by atoms with Gasteiger partial charge in [0.1, 0.15) is 11.6 Å². The Hall–Kier alpha value is -2.81. The van der Waals surface area contributed by atoms with Crippen LogP contribution in [0.3, 0.4) is 0 Å². The highest BCUT2D eigenvalue weighted by Crippen LogP contribution is 2.45. The predicted molar refractivity (Wildman–Crippen MR) is 92.5 cm³/mol. The van der Waals surface area contributed by atoms with Gasteiger partial charge < -0.3 is 24.3 Å². The van der Waals surface area contributed by atoms with Gasteiger partial charge in [-0.25, -0.2) is 4.79 Å². The molecule has 0 aromatic heterocycles. The van der Waals surface area contributed by atoms with Crippen LogP contribution < -0.4 is 14.8 Å². The van der Waals surface area contributed by atoms with Crippen molar-refractivity contribution in [3.05, 3.63) is 23.3 Å². The highest BCUT2D eigenvalue weighted by molar-refractivity contribution is 5.99. The molecule has 9 nitrogen and oxygen atoms in total. The first-order chi connectivity index (χ1) is 13.0. The third-order valence-electron chi connectivity index (χ3n) is 4.68. The van der Waals surface area contributed by atoms with E-state index in [9.17, 15) is 14.4 Å². The number of amides is 2. The molecular weight excluding hydrogens is 356 g/mol. The number of carbonyl (C=O) groups excluding carboxylic acids is 3. The van der Waals surface area contributed by atoms with Crippen molar-refractivity contribution in [1.82, 2.24) is 10.2 Å². The van der Waals surface area contributed by atoms with Crippen molar-refractivity contribution in [2.24, 2.45) is 0 Å². The third-order valence-corrected chi connectivity index (χ3v) is 4.68. The number of methoxy groups -OCH3 is 3. The minimum absolute atomic E-state index is 0.207. The number of hydrogen-bond donors (Lipinski definition) is 1. The molecule has 27 heavy (non-hydrogen) atoms. The van der Waals surface area contributed by atoms with Crippen molar-refractivity contribution in [3.63, 3.8) is 0 Å². The number of carbonyl (C=O) groups is 3. The SMILES string of the molecule is COCCNC(=O)[C@@H]1CCC(=O)N1[C@H]1OC(=O)c2c1ccc(OC)c2OC. The summed E-state index contributed by atoms with van der Waals surface area (Å²) in [7, 11) is 4.42. The van der Waals surface area contributed by atoms with Crippen LogP contribution in [0.2, 0.25) is 0 Å². The van der Waals surface area contributed by atoms with Crippen molar-refractivity contribution in [1.29, 1.82) is 0 Å². The topological polar surface area (TPSA) is 103 Å². The molecule has 0 unspecified atom stereocenters. The maximum absolute atomic E-state index is 12.5. The second kappa shape index (κ2) is 7.83.